The molecule has 0 spiro atoms. The van der Waals surface area contributed by atoms with E-state index in [-0.39, 0.29) is 0 Å². The Morgan fingerprint density at radius 3 is 2.36 bits per heavy atom. The van der Waals surface area contributed by atoms with Crippen LogP contribution in [-0.4, -0.2) is 24.0 Å². The van der Waals surface area contributed by atoms with Crippen LogP contribution in [0.15, 0.2) is 66.7 Å². The summed E-state index contributed by atoms with van der Waals surface area (Å²) in [4.78, 5) is 2.64. The Balaban J connectivity index is 1.82. The second-order valence-electron chi connectivity index (χ2n) is 6.10. The lowest BCUT2D eigenvalue weighted by Gasteiger charge is -2.25. The minimum Gasteiger partial charge on any atom is -0.296 e. The molecule has 2 atom stereocenters. The minimum atomic E-state index is 0.516. The van der Waals surface area contributed by atoms with Gasteiger partial charge in [-0.2, -0.15) is 0 Å². The van der Waals surface area contributed by atoms with Crippen molar-refractivity contribution in [2.24, 2.45) is 0 Å². The molecular formula is C21H25N. The monoisotopic (exact) mass is 291 g/mol. The van der Waals surface area contributed by atoms with E-state index in [1.807, 2.05) is 0 Å². The lowest BCUT2D eigenvalue weighted by molar-refractivity contribution is 0.283. The maximum Gasteiger partial charge on any atom is 0.0350 e. The number of hydrogen-bond donors (Lipinski definition) is 0. The first-order chi connectivity index (χ1) is 10.9. The molecule has 1 fully saturated rings. The van der Waals surface area contributed by atoms with Crippen LogP contribution in [0.2, 0.25) is 0 Å². The Bertz CT molecular complexity index is 588. The summed E-state index contributed by atoms with van der Waals surface area (Å²) in [5, 5.41) is 0. The molecule has 0 aliphatic carbocycles. The first-order valence-electron chi connectivity index (χ1n) is 8.40. The van der Waals surface area contributed by atoms with Crippen LogP contribution in [0, 0.1) is 0 Å². The van der Waals surface area contributed by atoms with Crippen LogP contribution in [0.3, 0.4) is 0 Å². The lowest BCUT2D eigenvalue weighted by Crippen LogP contribution is -2.31. The van der Waals surface area contributed by atoms with Crippen molar-refractivity contribution in [1.29, 1.82) is 0 Å². The Morgan fingerprint density at radius 2 is 1.68 bits per heavy atom. The van der Waals surface area contributed by atoms with Crippen molar-refractivity contribution < 1.29 is 0 Å². The van der Waals surface area contributed by atoms with Gasteiger partial charge in [-0.3, -0.25) is 4.90 Å². The summed E-state index contributed by atoms with van der Waals surface area (Å²) in [6.45, 7) is 4.66. The minimum absolute atomic E-state index is 0.516. The lowest BCUT2D eigenvalue weighted by atomic mass is 9.91. The van der Waals surface area contributed by atoms with E-state index in [9.17, 15) is 0 Å². The van der Waals surface area contributed by atoms with Gasteiger partial charge in [-0.25, -0.2) is 0 Å². The Labute approximate surface area is 134 Å². The molecule has 1 heteroatoms. The van der Waals surface area contributed by atoms with E-state index in [0.717, 1.165) is 0 Å². The third kappa shape index (κ3) is 3.48. The van der Waals surface area contributed by atoms with Crippen molar-refractivity contribution in [2.75, 3.05) is 13.1 Å². The normalized spacial score (nSPS) is 22.4. The number of hydrogen-bond acceptors (Lipinski definition) is 1. The molecule has 114 valence electrons. The third-order valence-corrected chi connectivity index (χ3v) is 4.59. The van der Waals surface area contributed by atoms with Crippen LogP contribution >= 0.6 is 0 Å². The predicted octanol–water partition coefficient (Wildman–Crippen LogP) is 4.97. The van der Waals surface area contributed by atoms with Crippen LogP contribution in [0.1, 0.15) is 36.8 Å². The van der Waals surface area contributed by atoms with Crippen molar-refractivity contribution in [3.8, 4) is 0 Å². The van der Waals surface area contributed by atoms with Crippen molar-refractivity contribution in [3.63, 3.8) is 0 Å². The van der Waals surface area contributed by atoms with Crippen molar-refractivity contribution in [2.45, 2.75) is 31.7 Å². The van der Waals surface area contributed by atoms with Crippen molar-refractivity contribution in [3.05, 3.63) is 77.9 Å². The molecule has 1 saturated heterocycles. The van der Waals surface area contributed by atoms with E-state index in [1.54, 1.807) is 0 Å². The van der Waals surface area contributed by atoms with E-state index in [2.05, 4.69) is 84.6 Å². The average Bonchev–Trinajstić information content (AvgIpc) is 2.98. The largest absolute Gasteiger partial charge is 0.296 e. The first kappa shape index (κ1) is 15.1. The molecule has 0 unspecified atom stereocenters. The molecule has 22 heavy (non-hydrogen) atoms. The summed E-state index contributed by atoms with van der Waals surface area (Å²) in [7, 11) is 0. The van der Waals surface area contributed by atoms with E-state index >= 15 is 0 Å². The molecule has 0 radical (unpaired) electrons. The van der Waals surface area contributed by atoms with E-state index < -0.39 is 0 Å². The smallest absolute Gasteiger partial charge is 0.0350 e. The van der Waals surface area contributed by atoms with Crippen LogP contribution < -0.4 is 0 Å². The SMILES string of the molecule is CCCN1CC[C@H](c2ccccc2)[C@H]1/C=C/c1ccccc1. The molecule has 1 aliphatic heterocycles. The van der Waals surface area contributed by atoms with Crippen LogP contribution in [-0.2, 0) is 0 Å². The van der Waals surface area contributed by atoms with Gasteiger partial charge in [-0.1, -0.05) is 79.7 Å². The maximum atomic E-state index is 2.64. The molecule has 1 heterocycles. The highest BCUT2D eigenvalue weighted by atomic mass is 15.2. The van der Waals surface area contributed by atoms with E-state index in [4.69, 9.17) is 0 Å². The Kier molecular flexibility index (Phi) is 5.07. The van der Waals surface area contributed by atoms with Gasteiger partial charge in [-0.15, -0.1) is 0 Å². The van der Waals surface area contributed by atoms with Crippen molar-refractivity contribution in [1.82, 2.24) is 4.90 Å². The number of likely N-dealkylation sites (tertiary alicyclic amines) is 1. The summed E-state index contributed by atoms with van der Waals surface area (Å²) >= 11 is 0. The Hall–Kier alpha value is -1.86. The molecule has 3 rings (SSSR count). The molecule has 0 saturated carbocycles. The van der Waals surface area contributed by atoms with Gasteiger partial charge in [0.05, 0.1) is 0 Å². The molecular weight excluding hydrogens is 266 g/mol. The molecule has 0 amide bonds. The highest BCUT2D eigenvalue weighted by molar-refractivity contribution is 5.50. The fourth-order valence-electron chi connectivity index (χ4n) is 3.52. The second-order valence-corrected chi connectivity index (χ2v) is 6.10. The van der Waals surface area contributed by atoms with Gasteiger partial charge >= 0.3 is 0 Å². The summed E-state index contributed by atoms with van der Waals surface area (Å²) in [5.74, 6) is 0.618. The van der Waals surface area contributed by atoms with Gasteiger partial charge in [0.25, 0.3) is 0 Å². The fourth-order valence-corrected chi connectivity index (χ4v) is 3.52. The van der Waals surface area contributed by atoms with Gasteiger partial charge in [0, 0.05) is 12.0 Å². The quantitative estimate of drug-likeness (QED) is 0.752. The molecule has 0 N–H and O–H groups in total. The van der Waals surface area contributed by atoms with Crippen LogP contribution in [0.5, 0.6) is 0 Å². The average molecular weight is 291 g/mol. The molecule has 2 aromatic rings. The van der Waals surface area contributed by atoms with Gasteiger partial charge in [0.15, 0.2) is 0 Å². The molecule has 1 nitrogen and oxygen atoms in total. The second kappa shape index (κ2) is 7.42. The predicted molar refractivity (Wildman–Crippen MR) is 94.9 cm³/mol. The molecule has 1 aliphatic rings. The van der Waals surface area contributed by atoms with Crippen LogP contribution in [0.25, 0.3) is 6.08 Å². The first-order valence-corrected chi connectivity index (χ1v) is 8.40. The number of rotatable bonds is 5. The Morgan fingerprint density at radius 1 is 1.00 bits per heavy atom. The summed E-state index contributed by atoms with van der Waals surface area (Å²) in [6, 6.07) is 22.1. The maximum absolute atomic E-state index is 2.64. The van der Waals surface area contributed by atoms with Crippen molar-refractivity contribution >= 4 is 6.08 Å². The standard InChI is InChI=1S/C21H25N/c1-2-16-22-17-15-20(19-11-7-4-8-12-19)21(22)14-13-18-9-5-3-6-10-18/h3-14,20-21H,2,15-17H2,1H3/b14-13+/t20-,21-/m1/s1. The van der Waals surface area contributed by atoms with E-state index in [0.29, 0.717) is 12.0 Å². The molecule has 2 aromatic carbocycles. The zero-order valence-electron chi connectivity index (χ0n) is 13.4. The molecule has 0 bridgehead atoms. The highest BCUT2D eigenvalue weighted by Gasteiger charge is 2.32. The molecule has 0 aromatic heterocycles. The third-order valence-electron chi connectivity index (χ3n) is 4.59. The topological polar surface area (TPSA) is 3.24 Å². The zero-order chi connectivity index (χ0) is 15.2. The summed E-state index contributed by atoms with van der Waals surface area (Å²) in [6.07, 6.45) is 7.18. The summed E-state index contributed by atoms with van der Waals surface area (Å²) < 4.78 is 0. The number of benzene rings is 2. The van der Waals surface area contributed by atoms with Gasteiger partial charge in [-0.05, 0) is 37.1 Å². The fraction of sp³-hybridized carbons (Fsp3) is 0.333. The highest BCUT2D eigenvalue weighted by Crippen LogP contribution is 2.34. The van der Waals surface area contributed by atoms with E-state index in [1.165, 1.54) is 37.1 Å². The van der Waals surface area contributed by atoms with Gasteiger partial charge in [0.2, 0.25) is 0 Å². The van der Waals surface area contributed by atoms with Gasteiger partial charge < -0.3 is 0 Å². The van der Waals surface area contributed by atoms with Gasteiger partial charge in [0.1, 0.15) is 0 Å². The zero-order valence-corrected chi connectivity index (χ0v) is 13.4. The number of nitrogens with zero attached hydrogens (tertiary/aromatic N) is 1. The van der Waals surface area contributed by atoms with Crippen LogP contribution in [0.4, 0.5) is 0 Å². The summed E-state index contributed by atoms with van der Waals surface area (Å²) in [5.41, 5.74) is 2.77.